The molecule has 0 aliphatic heterocycles. The summed E-state index contributed by atoms with van der Waals surface area (Å²) in [7, 11) is -16.1. The van der Waals surface area contributed by atoms with E-state index in [0.29, 0.717) is 6.42 Å². The third-order valence-corrected chi connectivity index (χ3v) is 8.09. The maximum Gasteiger partial charge on any atom is 0.477 e. The van der Waals surface area contributed by atoms with Crippen molar-refractivity contribution in [3.05, 3.63) is 0 Å². The van der Waals surface area contributed by atoms with Gasteiger partial charge in [0.15, 0.2) is 0 Å². The largest absolute Gasteiger partial charge is 0.477 e. The molecule has 0 aliphatic rings. The molecular formula is C6H17O9P3. The van der Waals surface area contributed by atoms with Crippen molar-refractivity contribution < 1.29 is 42.1 Å². The van der Waals surface area contributed by atoms with Crippen LogP contribution in [0.3, 0.4) is 0 Å². The standard InChI is InChI=1S/C6H17O9P3/c1-4-5(2)6(3)14-17(10,11)18(12,13)15-16(7,8)9/h5-6H,4H2,1-3H3,(H,10,11)(H,12,13)(H2,7,8,9). The fourth-order valence-corrected chi connectivity index (χ4v) is 5.62. The molecule has 4 atom stereocenters. The molecule has 0 aromatic rings. The van der Waals surface area contributed by atoms with Gasteiger partial charge < -0.3 is 19.6 Å². The molecule has 0 aliphatic carbocycles. The van der Waals surface area contributed by atoms with Crippen LogP contribution in [0.25, 0.3) is 0 Å². The van der Waals surface area contributed by atoms with Crippen molar-refractivity contribution in [1.29, 1.82) is 0 Å². The summed E-state index contributed by atoms with van der Waals surface area (Å²) in [5.74, 6) is -0.194. The Morgan fingerprint density at radius 1 is 1.00 bits per heavy atom. The SMILES string of the molecule is CCC(C)C(C)OP(=O)(O)P(=O)(O)OP(=O)(O)O. The molecule has 0 rings (SSSR count). The molecule has 0 aromatic carbocycles. The Balaban J connectivity index is 4.98. The van der Waals surface area contributed by atoms with Crippen molar-refractivity contribution >= 4 is 22.4 Å². The van der Waals surface area contributed by atoms with E-state index in [1.807, 2.05) is 0 Å². The molecule has 18 heavy (non-hydrogen) atoms. The molecule has 0 saturated heterocycles. The van der Waals surface area contributed by atoms with Crippen LogP contribution in [-0.4, -0.2) is 25.7 Å². The fourth-order valence-electron chi connectivity index (χ4n) is 0.897. The summed E-state index contributed by atoms with van der Waals surface area (Å²) < 4.78 is 41.2. The van der Waals surface area contributed by atoms with E-state index in [-0.39, 0.29) is 5.92 Å². The van der Waals surface area contributed by atoms with Gasteiger partial charge in [-0.15, -0.1) is 0 Å². The molecule has 0 radical (unpaired) electrons. The van der Waals surface area contributed by atoms with Crippen LogP contribution in [0, 0.1) is 5.92 Å². The zero-order valence-corrected chi connectivity index (χ0v) is 12.7. The number of hydrogen-bond acceptors (Lipinski definition) is 5. The average molecular weight is 326 g/mol. The molecular weight excluding hydrogens is 309 g/mol. The number of phosphoric acid groups is 1. The van der Waals surface area contributed by atoms with Crippen molar-refractivity contribution in [3.63, 3.8) is 0 Å². The van der Waals surface area contributed by atoms with Crippen LogP contribution in [0.5, 0.6) is 0 Å². The highest BCUT2D eigenvalue weighted by molar-refractivity contribution is 8.27. The normalized spacial score (nSPS) is 22.8. The van der Waals surface area contributed by atoms with E-state index in [1.54, 1.807) is 13.8 Å². The Morgan fingerprint density at radius 2 is 1.44 bits per heavy atom. The molecule has 0 amide bonds. The van der Waals surface area contributed by atoms with Gasteiger partial charge in [-0.25, -0.2) is 13.7 Å². The highest BCUT2D eigenvalue weighted by Crippen LogP contribution is 2.82. The fraction of sp³-hybridized carbons (Fsp3) is 1.00. The van der Waals surface area contributed by atoms with Gasteiger partial charge >= 0.3 is 22.4 Å². The summed E-state index contributed by atoms with van der Waals surface area (Å²) in [6, 6.07) is 0. The molecule has 110 valence electrons. The summed E-state index contributed by atoms with van der Waals surface area (Å²) in [5, 5.41) is 0. The lowest BCUT2D eigenvalue weighted by Crippen LogP contribution is -2.16. The molecule has 9 nitrogen and oxygen atoms in total. The monoisotopic (exact) mass is 326 g/mol. The van der Waals surface area contributed by atoms with Crippen LogP contribution < -0.4 is 0 Å². The van der Waals surface area contributed by atoms with Crippen molar-refractivity contribution in [2.45, 2.75) is 33.3 Å². The Hall–Kier alpha value is 0.450. The second-order valence-corrected chi connectivity index (χ2v) is 10.6. The lowest BCUT2D eigenvalue weighted by atomic mass is 10.0. The molecule has 0 saturated carbocycles. The number of hydrogen-bond donors (Lipinski definition) is 4. The van der Waals surface area contributed by atoms with Crippen LogP contribution in [0.4, 0.5) is 0 Å². The first-order valence-electron chi connectivity index (χ1n) is 4.93. The van der Waals surface area contributed by atoms with Crippen molar-refractivity contribution in [1.82, 2.24) is 0 Å². The Labute approximate surface area is 104 Å². The van der Waals surface area contributed by atoms with Crippen LogP contribution in [0.1, 0.15) is 27.2 Å². The predicted octanol–water partition coefficient (Wildman–Crippen LogP) is 1.83. The van der Waals surface area contributed by atoms with Crippen LogP contribution in [0.2, 0.25) is 0 Å². The molecule has 0 aromatic heterocycles. The van der Waals surface area contributed by atoms with E-state index in [9.17, 15) is 18.6 Å². The highest BCUT2D eigenvalue weighted by Gasteiger charge is 2.50. The summed E-state index contributed by atoms with van der Waals surface area (Å²) in [6.07, 6.45) is -0.275. The van der Waals surface area contributed by atoms with Gasteiger partial charge in [-0.1, -0.05) is 20.3 Å². The van der Waals surface area contributed by atoms with Crippen LogP contribution >= 0.6 is 22.4 Å². The maximum atomic E-state index is 11.5. The third-order valence-electron chi connectivity index (χ3n) is 2.28. The van der Waals surface area contributed by atoms with Gasteiger partial charge in [-0.05, 0) is 12.8 Å². The van der Waals surface area contributed by atoms with E-state index < -0.39 is 28.5 Å². The third kappa shape index (κ3) is 5.61. The van der Waals surface area contributed by atoms with Crippen molar-refractivity contribution in [2.24, 2.45) is 5.92 Å². The minimum absolute atomic E-state index is 0.194. The van der Waals surface area contributed by atoms with E-state index in [4.69, 9.17) is 14.7 Å². The van der Waals surface area contributed by atoms with E-state index in [2.05, 4.69) is 8.83 Å². The van der Waals surface area contributed by atoms with E-state index in [1.165, 1.54) is 6.92 Å². The van der Waals surface area contributed by atoms with Gasteiger partial charge in [0, 0.05) is 0 Å². The maximum absolute atomic E-state index is 11.5. The smallest absolute Gasteiger partial charge is 0.316 e. The van der Waals surface area contributed by atoms with Gasteiger partial charge in [0.2, 0.25) is 0 Å². The summed E-state index contributed by atoms with van der Waals surface area (Å²) >= 11 is 0. The predicted molar refractivity (Wildman–Crippen MR) is 62.8 cm³/mol. The quantitative estimate of drug-likeness (QED) is 0.513. The Morgan fingerprint density at radius 3 is 1.78 bits per heavy atom. The Bertz CT molecular complexity index is 415. The second-order valence-electron chi connectivity index (χ2n) is 3.75. The molecule has 0 spiro atoms. The molecule has 0 bridgehead atoms. The van der Waals surface area contributed by atoms with E-state index in [0.717, 1.165) is 0 Å². The zero-order valence-electron chi connectivity index (χ0n) is 10.0. The summed E-state index contributed by atoms with van der Waals surface area (Å²) in [5.41, 5.74) is 0. The van der Waals surface area contributed by atoms with Crippen LogP contribution in [0.15, 0.2) is 0 Å². The zero-order chi connectivity index (χ0) is 14.8. The lowest BCUT2D eigenvalue weighted by Gasteiger charge is -2.24. The molecule has 12 heteroatoms. The van der Waals surface area contributed by atoms with Gasteiger partial charge in [-0.2, -0.15) is 4.31 Å². The molecule has 0 heterocycles. The minimum atomic E-state index is -5.50. The summed E-state index contributed by atoms with van der Waals surface area (Å²) in [4.78, 5) is 35.1. The summed E-state index contributed by atoms with van der Waals surface area (Å²) in [6.45, 7) is 4.85. The number of rotatable bonds is 7. The molecule has 4 N–H and O–H groups in total. The highest BCUT2D eigenvalue weighted by atomic mass is 32.1. The minimum Gasteiger partial charge on any atom is -0.316 e. The second kappa shape index (κ2) is 6.27. The van der Waals surface area contributed by atoms with E-state index >= 15 is 0 Å². The van der Waals surface area contributed by atoms with Gasteiger partial charge in [0.05, 0.1) is 6.10 Å². The molecule has 0 fully saturated rings. The lowest BCUT2D eigenvalue weighted by molar-refractivity contribution is 0.140. The first-order valence-corrected chi connectivity index (χ1v) is 10.3. The van der Waals surface area contributed by atoms with Gasteiger partial charge in [0.1, 0.15) is 0 Å². The van der Waals surface area contributed by atoms with Gasteiger partial charge in [0.25, 0.3) is 0 Å². The van der Waals surface area contributed by atoms with Crippen molar-refractivity contribution in [3.8, 4) is 0 Å². The van der Waals surface area contributed by atoms with Crippen molar-refractivity contribution in [2.75, 3.05) is 0 Å². The molecule has 4 unspecified atom stereocenters. The average Bonchev–Trinajstić information content (AvgIpc) is 2.11. The van der Waals surface area contributed by atoms with Crippen LogP contribution in [-0.2, 0) is 22.5 Å². The van der Waals surface area contributed by atoms with Gasteiger partial charge in [-0.3, -0.25) is 4.52 Å². The Kier molecular flexibility index (Phi) is 6.42. The first-order chi connectivity index (χ1) is 7.82. The topological polar surface area (TPSA) is 151 Å². The first kappa shape index (κ1) is 18.4.